The summed E-state index contributed by atoms with van der Waals surface area (Å²) in [6.45, 7) is 5.71. The van der Waals surface area contributed by atoms with Crippen LogP contribution in [0.2, 0.25) is 0 Å². The Morgan fingerprint density at radius 1 is 1.24 bits per heavy atom. The number of hydrogen-bond acceptors (Lipinski definition) is 3. The van der Waals surface area contributed by atoms with Gasteiger partial charge in [0.1, 0.15) is 0 Å². The largest absolute Gasteiger partial charge is 0.378 e. The van der Waals surface area contributed by atoms with Gasteiger partial charge in [0.15, 0.2) is 0 Å². The molecule has 1 aliphatic carbocycles. The summed E-state index contributed by atoms with van der Waals surface area (Å²) in [4.78, 5) is 0. The van der Waals surface area contributed by atoms with E-state index in [2.05, 4.69) is 19.3 Å². The number of nitrogens with one attached hydrogen (secondary N) is 1. The highest BCUT2D eigenvalue weighted by molar-refractivity contribution is 4.85. The molecule has 1 heterocycles. The zero-order valence-corrected chi connectivity index (χ0v) is 11.3. The van der Waals surface area contributed by atoms with E-state index < -0.39 is 0 Å². The van der Waals surface area contributed by atoms with Gasteiger partial charge in [0, 0.05) is 12.6 Å². The van der Waals surface area contributed by atoms with E-state index in [1.165, 1.54) is 32.1 Å². The summed E-state index contributed by atoms with van der Waals surface area (Å²) < 4.78 is 5.73. The zero-order chi connectivity index (χ0) is 12.3. The third-order valence-electron chi connectivity index (χ3n) is 4.96. The molecular weight excluding hydrogens is 212 g/mol. The van der Waals surface area contributed by atoms with Crippen molar-refractivity contribution in [3.05, 3.63) is 0 Å². The second-order valence-electron chi connectivity index (χ2n) is 6.17. The number of nitrogens with two attached hydrogens (primary N) is 1. The molecule has 0 spiro atoms. The van der Waals surface area contributed by atoms with Crippen LogP contribution in [0.15, 0.2) is 0 Å². The average molecular weight is 240 g/mol. The summed E-state index contributed by atoms with van der Waals surface area (Å²) >= 11 is 0. The first-order valence-electron chi connectivity index (χ1n) is 7.28. The molecule has 0 amide bonds. The van der Waals surface area contributed by atoms with E-state index in [9.17, 15) is 0 Å². The van der Waals surface area contributed by atoms with Crippen molar-refractivity contribution in [3.8, 4) is 0 Å². The van der Waals surface area contributed by atoms with Crippen molar-refractivity contribution in [1.82, 2.24) is 5.43 Å². The predicted molar refractivity (Wildman–Crippen MR) is 70.4 cm³/mol. The summed E-state index contributed by atoms with van der Waals surface area (Å²) in [5.41, 5.74) is 3.05. The van der Waals surface area contributed by atoms with Crippen molar-refractivity contribution in [2.45, 2.75) is 64.5 Å². The Kier molecular flexibility index (Phi) is 4.83. The van der Waals surface area contributed by atoms with E-state index in [1.807, 2.05) is 0 Å². The Balaban J connectivity index is 1.84. The summed E-state index contributed by atoms with van der Waals surface area (Å²) in [7, 11) is 0. The zero-order valence-electron chi connectivity index (χ0n) is 11.3. The van der Waals surface area contributed by atoms with E-state index in [0.717, 1.165) is 30.8 Å². The van der Waals surface area contributed by atoms with Gasteiger partial charge in [-0.15, -0.1) is 0 Å². The van der Waals surface area contributed by atoms with Gasteiger partial charge in [0.25, 0.3) is 0 Å². The molecule has 5 atom stereocenters. The van der Waals surface area contributed by atoms with Crippen LogP contribution in [-0.4, -0.2) is 18.8 Å². The third kappa shape index (κ3) is 3.43. The van der Waals surface area contributed by atoms with Crippen LogP contribution in [0.25, 0.3) is 0 Å². The Hall–Kier alpha value is -0.120. The molecule has 0 aromatic heterocycles. The topological polar surface area (TPSA) is 47.3 Å². The molecule has 0 radical (unpaired) electrons. The fourth-order valence-electron chi connectivity index (χ4n) is 3.46. The lowest BCUT2D eigenvalue weighted by molar-refractivity contribution is 0.0751. The smallest absolute Gasteiger partial charge is 0.0591 e. The Labute approximate surface area is 105 Å². The van der Waals surface area contributed by atoms with Crippen LogP contribution < -0.4 is 11.3 Å². The third-order valence-corrected chi connectivity index (χ3v) is 4.96. The molecule has 3 nitrogen and oxygen atoms in total. The molecule has 2 fully saturated rings. The van der Waals surface area contributed by atoms with E-state index in [4.69, 9.17) is 10.6 Å². The standard InChI is InChI=1S/C14H28N2O/c1-10-5-6-12(8-11(10)2)14(16-15)9-13-4-3-7-17-13/h10-14,16H,3-9,15H2,1-2H3. The van der Waals surface area contributed by atoms with Gasteiger partial charge in [-0.05, 0) is 49.9 Å². The average Bonchev–Trinajstić information content (AvgIpc) is 2.82. The van der Waals surface area contributed by atoms with Crippen LogP contribution >= 0.6 is 0 Å². The fourth-order valence-corrected chi connectivity index (χ4v) is 3.46. The SMILES string of the molecule is CC1CCC(C(CC2CCCO2)NN)CC1C. The highest BCUT2D eigenvalue weighted by Gasteiger charge is 2.31. The first-order valence-corrected chi connectivity index (χ1v) is 7.28. The van der Waals surface area contributed by atoms with Gasteiger partial charge in [0.2, 0.25) is 0 Å². The van der Waals surface area contributed by atoms with Crippen LogP contribution in [-0.2, 0) is 4.74 Å². The minimum atomic E-state index is 0.450. The van der Waals surface area contributed by atoms with Gasteiger partial charge in [-0.2, -0.15) is 0 Å². The first kappa shape index (κ1) is 13.3. The quantitative estimate of drug-likeness (QED) is 0.586. The normalized spacial score (nSPS) is 40.4. The van der Waals surface area contributed by atoms with Crippen molar-refractivity contribution in [2.75, 3.05) is 6.61 Å². The van der Waals surface area contributed by atoms with Crippen molar-refractivity contribution in [1.29, 1.82) is 0 Å². The molecule has 2 rings (SSSR count). The maximum Gasteiger partial charge on any atom is 0.0591 e. The maximum absolute atomic E-state index is 5.76. The molecule has 5 unspecified atom stereocenters. The minimum Gasteiger partial charge on any atom is -0.378 e. The second kappa shape index (κ2) is 6.17. The van der Waals surface area contributed by atoms with Crippen molar-refractivity contribution >= 4 is 0 Å². The van der Waals surface area contributed by atoms with E-state index in [1.54, 1.807) is 0 Å². The van der Waals surface area contributed by atoms with Crippen LogP contribution in [0.1, 0.15) is 52.4 Å². The lowest BCUT2D eigenvalue weighted by atomic mass is 9.72. The van der Waals surface area contributed by atoms with Gasteiger partial charge in [-0.25, -0.2) is 0 Å². The van der Waals surface area contributed by atoms with Crippen LogP contribution in [0.4, 0.5) is 0 Å². The monoisotopic (exact) mass is 240 g/mol. The minimum absolute atomic E-state index is 0.450. The molecule has 2 aliphatic rings. The number of hydrazine groups is 1. The number of ether oxygens (including phenoxy) is 1. The highest BCUT2D eigenvalue weighted by atomic mass is 16.5. The highest BCUT2D eigenvalue weighted by Crippen LogP contribution is 2.36. The van der Waals surface area contributed by atoms with E-state index in [0.29, 0.717) is 12.1 Å². The van der Waals surface area contributed by atoms with Crippen LogP contribution in [0.3, 0.4) is 0 Å². The Morgan fingerprint density at radius 2 is 2.06 bits per heavy atom. The Morgan fingerprint density at radius 3 is 2.65 bits per heavy atom. The maximum atomic E-state index is 5.76. The first-order chi connectivity index (χ1) is 8.20. The molecule has 3 heteroatoms. The molecule has 3 N–H and O–H groups in total. The molecule has 0 bridgehead atoms. The van der Waals surface area contributed by atoms with Crippen molar-refractivity contribution < 1.29 is 4.74 Å². The number of hydrogen-bond donors (Lipinski definition) is 2. The summed E-state index contributed by atoms with van der Waals surface area (Å²) in [6.07, 6.45) is 8.00. The fraction of sp³-hybridized carbons (Fsp3) is 1.00. The summed E-state index contributed by atoms with van der Waals surface area (Å²) in [5, 5.41) is 0. The van der Waals surface area contributed by atoms with Gasteiger partial charge in [0.05, 0.1) is 6.10 Å². The van der Waals surface area contributed by atoms with Gasteiger partial charge in [-0.1, -0.05) is 20.3 Å². The van der Waals surface area contributed by atoms with Crippen molar-refractivity contribution in [2.24, 2.45) is 23.6 Å². The van der Waals surface area contributed by atoms with E-state index >= 15 is 0 Å². The van der Waals surface area contributed by atoms with Crippen LogP contribution in [0.5, 0.6) is 0 Å². The molecule has 0 aromatic rings. The van der Waals surface area contributed by atoms with Gasteiger partial charge >= 0.3 is 0 Å². The lowest BCUT2D eigenvalue weighted by Crippen LogP contribution is -2.45. The predicted octanol–water partition coefficient (Wildman–Crippen LogP) is 2.46. The van der Waals surface area contributed by atoms with Gasteiger partial charge in [-0.3, -0.25) is 11.3 Å². The molecule has 1 saturated carbocycles. The molecule has 1 aliphatic heterocycles. The second-order valence-corrected chi connectivity index (χ2v) is 6.17. The Bertz CT molecular complexity index is 228. The van der Waals surface area contributed by atoms with Gasteiger partial charge < -0.3 is 4.74 Å². The molecule has 17 heavy (non-hydrogen) atoms. The molecule has 0 aromatic carbocycles. The lowest BCUT2D eigenvalue weighted by Gasteiger charge is -2.37. The number of rotatable bonds is 4. The van der Waals surface area contributed by atoms with Crippen LogP contribution in [0, 0.1) is 17.8 Å². The summed E-state index contributed by atoms with van der Waals surface area (Å²) in [5.74, 6) is 8.23. The summed E-state index contributed by atoms with van der Waals surface area (Å²) in [6, 6.07) is 0.452. The van der Waals surface area contributed by atoms with Crippen molar-refractivity contribution in [3.63, 3.8) is 0 Å². The molecule has 100 valence electrons. The molecule has 1 saturated heterocycles. The molecular formula is C14H28N2O. The van der Waals surface area contributed by atoms with E-state index in [-0.39, 0.29) is 0 Å².